The average Bonchev–Trinajstić information content (AvgIpc) is 2.82. The van der Waals surface area contributed by atoms with Gasteiger partial charge >= 0.3 is 0 Å². The van der Waals surface area contributed by atoms with Crippen LogP contribution in [-0.2, 0) is 6.61 Å². The monoisotopic (exact) mass is 225 g/mol. The molecule has 0 fully saturated rings. The Balaban J connectivity index is 2.20. The van der Waals surface area contributed by atoms with E-state index in [9.17, 15) is 0 Å². The van der Waals surface area contributed by atoms with Crippen LogP contribution in [-0.4, -0.2) is 19.9 Å². The van der Waals surface area contributed by atoms with Crippen LogP contribution in [0.5, 0.6) is 0 Å². The second kappa shape index (κ2) is 3.99. The van der Waals surface area contributed by atoms with Crippen molar-refractivity contribution in [2.75, 3.05) is 0 Å². The molecule has 0 bridgehead atoms. The highest BCUT2D eigenvalue weighted by Crippen LogP contribution is 2.16. The van der Waals surface area contributed by atoms with Gasteiger partial charge in [0.05, 0.1) is 18.3 Å². The lowest BCUT2D eigenvalue weighted by Gasteiger charge is -2.03. The maximum atomic E-state index is 9.12. The minimum Gasteiger partial charge on any atom is -0.392 e. The summed E-state index contributed by atoms with van der Waals surface area (Å²) in [5, 5.41) is 14.5. The lowest BCUT2D eigenvalue weighted by molar-refractivity contribution is 0.281. The number of rotatable bonds is 2. The number of nitrogens with zero attached hydrogens (tertiary/aromatic N) is 3. The van der Waals surface area contributed by atoms with E-state index in [0.717, 1.165) is 22.3 Å². The van der Waals surface area contributed by atoms with Gasteiger partial charge in [-0.25, -0.2) is 9.67 Å². The van der Waals surface area contributed by atoms with Crippen molar-refractivity contribution in [3.05, 3.63) is 54.4 Å². The van der Waals surface area contributed by atoms with Gasteiger partial charge in [0.15, 0.2) is 5.82 Å². The molecule has 0 aliphatic rings. The van der Waals surface area contributed by atoms with Crippen LogP contribution in [0.4, 0.5) is 0 Å². The molecule has 3 rings (SSSR count). The van der Waals surface area contributed by atoms with E-state index in [1.807, 2.05) is 36.5 Å². The molecule has 0 unspecified atom stereocenters. The maximum Gasteiger partial charge on any atom is 0.154 e. The Bertz CT molecular complexity index is 660. The van der Waals surface area contributed by atoms with Crippen LogP contribution < -0.4 is 0 Å². The highest BCUT2D eigenvalue weighted by molar-refractivity contribution is 5.79. The first kappa shape index (κ1) is 9.99. The molecule has 17 heavy (non-hydrogen) atoms. The molecular formula is C13H11N3O. The molecule has 0 aliphatic heterocycles. The van der Waals surface area contributed by atoms with Crippen molar-refractivity contribution in [3.8, 4) is 5.82 Å². The SMILES string of the molecule is OCc1ccnc(-n2ncc3ccccc32)c1. The Morgan fingerprint density at radius 1 is 1.18 bits per heavy atom. The Kier molecular flexibility index (Phi) is 2.34. The maximum absolute atomic E-state index is 9.12. The molecule has 0 aliphatic carbocycles. The van der Waals surface area contributed by atoms with Crippen LogP contribution in [0, 0.1) is 0 Å². The molecule has 2 aromatic heterocycles. The molecule has 0 saturated carbocycles. The van der Waals surface area contributed by atoms with E-state index in [1.54, 1.807) is 16.9 Å². The van der Waals surface area contributed by atoms with E-state index >= 15 is 0 Å². The summed E-state index contributed by atoms with van der Waals surface area (Å²) in [6.45, 7) is 0.00865. The zero-order chi connectivity index (χ0) is 11.7. The Labute approximate surface area is 98.2 Å². The lowest BCUT2D eigenvalue weighted by atomic mass is 10.2. The zero-order valence-corrected chi connectivity index (χ0v) is 9.11. The second-order valence-electron chi connectivity index (χ2n) is 3.80. The van der Waals surface area contributed by atoms with Crippen LogP contribution in [0.25, 0.3) is 16.7 Å². The number of aliphatic hydroxyl groups excluding tert-OH is 1. The molecule has 2 heterocycles. The summed E-state index contributed by atoms with van der Waals surface area (Å²) in [5.41, 5.74) is 1.84. The number of benzene rings is 1. The van der Waals surface area contributed by atoms with Gasteiger partial charge in [-0.2, -0.15) is 5.10 Å². The lowest BCUT2D eigenvalue weighted by Crippen LogP contribution is -2.00. The van der Waals surface area contributed by atoms with Crippen LogP contribution in [0.15, 0.2) is 48.8 Å². The Morgan fingerprint density at radius 2 is 2.06 bits per heavy atom. The van der Waals surface area contributed by atoms with Gasteiger partial charge in [-0.1, -0.05) is 18.2 Å². The van der Waals surface area contributed by atoms with Gasteiger partial charge in [-0.15, -0.1) is 0 Å². The highest BCUT2D eigenvalue weighted by Gasteiger charge is 2.05. The molecule has 0 saturated heterocycles. The third-order valence-corrected chi connectivity index (χ3v) is 2.69. The van der Waals surface area contributed by atoms with Gasteiger partial charge in [0.2, 0.25) is 0 Å². The number of hydrogen-bond acceptors (Lipinski definition) is 3. The third kappa shape index (κ3) is 1.68. The molecule has 1 aromatic carbocycles. The van der Waals surface area contributed by atoms with Crippen LogP contribution in [0.3, 0.4) is 0 Å². The van der Waals surface area contributed by atoms with Crippen molar-refractivity contribution in [2.45, 2.75) is 6.61 Å². The predicted molar refractivity (Wildman–Crippen MR) is 64.8 cm³/mol. The molecule has 4 heteroatoms. The Hall–Kier alpha value is -2.20. The number of hydrogen-bond donors (Lipinski definition) is 1. The van der Waals surface area contributed by atoms with Crippen LogP contribution in [0.1, 0.15) is 5.56 Å². The number of aromatic nitrogens is 3. The van der Waals surface area contributed by atoms with E-state index in [2.05, 4.69) is 10.1 Å². The normalized spacial score (nSPS) is 10.9. The van der Waals surface area contributed by atoms with Gasteiger partial charge in [0.1, 0.15) is 0 Å². The van der Waals surface area contributed by atoms with E-state index in [4.69, 9.17) is 5.11 Å². The van der Waals surface area contributed by atoms with Crippen molar-refractivity contribution in [3.63, 3.8) is 0 Å². The van der Waals surface area contributed by atoms with Crippen molar-refractivity contribution < 1.29 is 5.11 Å². The van der Waals surface area contributed by atoms with E-state index in [0.29, 0.717) is 0 Å². The molecule has 0 atom stereocenters. The van der Waals surface area contributed by atoms with E-state index in [1.165, 1.54) is 0 Å². The smallest absolute Gasteiger partial charge is 0.154 e. The van der Waals surface area contributed by atoms with Crippen molar-refractivity contribution in [2.24, 2.45) is 0 Å². The molecule has 0 radical (unpaired) electrons. The van der Waals surface area contributed by atoms with E-state index in [-0.39, 0.29) is 6.61 Å². The second-order valence-corrected chi connectivity index (χ2v) is 3.80. The fourth-order valence-corrected chi connectivity index (χ4v) is 1.83. The summed E-state index contributed by atoms with van der Waals surface area (Å²) >= 11 is 0. The largest absolute Gasteiger partial charge is 0.392 e. The topological polar surface area (TPSA) is 50.9 Å². The summed E-state index contributed by atoms with van der Waals surface area (Å²) < 4.78 is 1.77. The first-order valence-corrected chi connectivity index (χ1v) is 5.37. The summed E-state index contributed by atoms with van der Waals surface area (Å²) in [5.74, 6) is 0.720. The summed E-state index contributed by atoms with van der Waals surface area (Å²) in [6, 6.07) is 11.6. The van der Waals surface area contributed by atoms with Gasteiger partial charge in [0, 0.05) is 11.6 Å². The summed E-state index contributed by atoms with van der Waals surface area (Å²) in [7, 11) is 0. The molecule has 4 nitrogen and oxygen atoms in total. The third-order valence-electron chi connectivity index (χ3n) is 2.69. The van der Waals surface area contributed by atoms with Gasteiger partial charge in [0.25, 0.3) is 0 Å². The van der Waals surface area contributed by atoms with Crippen LogP contribution in [0.2, 0.25) is 0 Å². The van der Waals surface area contributed by atoms with Crippen molar-refractivity contribution in [1.82, 2.24) is 14.8 Å². The predicted octanol–water partition coefficient (Wildman–Crippen LogP) is 1.91. The van der Waals surface area contributed by atoms with Crippen molar-refractivity contribution >= 4 is 10.9 Å². The van der Waals surface area contributed by atoms with Gasteiger partial charge < -0.3 is 5.11 Å². The summed E-state index contributed by atoms with van der Waals surface area (Å²) in [4.78, 5) is 4.27. The molecular weight excluding hydrogens is 214 g/mol. The zero-order valence-electron chi connectivity index (χ0n) is 9.11. The minimum atomic E-state index is 0.00865. The van der Waals surface area contributed by atoms with Crippen molar-refractivity contribution in [1.29, 1.82) is 0 Å². The van der Waals surface area contributed by atoms with Crippen LogP contribution >= 0.6 is 0 Å². The number of pyridine rings is 1. The first-order valence-electron chi connectivity index (χ1n) is 5.37. The fourth-order valence-electron chi connectivity index (χ4n) is 1.83. The van der Waals surface area contributed by atoms with E-state index < -0.39 is 0 Å². The quantitative estimate of drug-likeness (QED) is 0.724. The van der Waals surface area contributed by atoms with Gasteiger partial charge in [-0.05, 0) is 23.8 Å². The number of fused-ring (bicyclic) bond motifs is 1. The average molecular weight is 225 g/mol. The Morgan fingerprint density at radius 3 is 2.94 bits per heavy atom. The fraction of sp³-hybridized carbons (Fsp3) is 0.0769. The molecule has 1 N–H and O–H groups in total. The highest BCUT2D eigenvalue weighted by atomic mass is 16.3. The molecule has 3 aromatic rings. The first-order chi connectivity index (χ1) is 8.38. The standard InChI is InChI=1S/C13H11N3O/c17-9-10-5-6-14-13(7-10)16-12-4-2-1-3-11(12)8-15-16/h1-8,17H,9H2. The molecule has 0 amide bonds. The number of para-hydroxylation sites is 1. The molecule has 84 valence electrons. The summed E-state index contributed by atoms with van der Waals surface area (Å²) in [6.07, 6.45) is 3.49. The molecule has 0 spiro atoms. The van der Waals surface area contributed by atoms with Gasteiger partial charge in [-0.3, -0.25) is 0 Å². The minimum absolute atomic E-state index is 0.00865. The number of aliphatic hydroxyl groups is 1.